The highest BCUT2D eigenvalue weighted by Crippen LogP contribution is 2.16. The van der Waals surface area contributed by atoms with Gasteiger partial charge in [0.2, 0.25) is 16.5 Å². The molecule has 3 amide bonds. The molecule has 12 nitrogen and oxygen atoms in total. The second-order valence-electron chi connectivity index (χ2n) is 6.04. The van der Waals surface area contributed by atoms with Crippen LogP contribution >= 0.6 is 23.9 Å². The lowest BCUT2D eigenvalue weighted by atomic mass is 10.3. The van der Waals surface area contributed by atoms with Gasteiger partial charge in [-0.05, 0) is 11.0 Å². The minimum absolute atomic E-state index is 0.0122. The summed E-state index contributed by atoms with van der Waals surface area (Å²) in [5, 5.41) is 10.3. The van der Waals surface area contributed by atoms with Gasteiger partial charge in [-0.15, -0.1) is 11.8 Å². The molecule has 0 fully saturated rings. The lowest BCUT2D eigenvalue weighted by Gasteiger charge is -2.19. The van der Waals surface area contributed by atoms with Crippen molar-refractivity contribution in [1.82, 2.24) is 18.8 Å². The van der Waals surface area contributed by atoms with Crippen molar-refractivity contribution in [1.29, 1.82) is 0 Å². The molecule has 14 heteroatoms. The lowest BCUT2D eigenvalue weighted by Crippen LogP contribution is -2.39. The number of carbonyl (C=O) groups excluding carboxylic acids is 3. The Bertz CT molecular complexity index is 708. The molecule has 0 aromatic carbocycles. The van der Waals surface area contributed by atoms with E-state index in [-0.39, 0.29) is 5.04 Å². The Hall–Kier alpha value is -2.48. The van der Waals surface area contributed by atoms with Crippen molar-refractivity contribution in [3.8, 4) is 0 Å². The maximum Gasteiger partial charge on any atom is 0.451 e. The van der Waals surface area contributed by atoms with Gasteiger partial charge >= 0.3 is 12.2 Å². The first-order valence-electron chi connectivity index (χ1n) is 7.85. The molecule has 0 unspecified atom stereocenters. The second-order valence-corrected chi connectivity index (χ2v) is 8.09. The summed E-state index contributed by atoms with van der Waals surface area (Å²) in [6.45, 7) is 3.69. The van der Waals surface area contributed by atoms with Crippen molar-refractivity contribution in [3.05, 3.63) is 12.4 Å². The number of hydrogen-bond donors (Lipinski definition) is 1. The van der Waals surface area contributed by atoms with Crippen molar-refractivity contribution >= 4 is 47.0 Å². The smallest absolute Gasteiger partial charge is 0.343 e. The highest BCUT2D eigenvalue weighted by atomic mass is 32.2. The van der Waals surface area contributed by atoms with E-state index in [0.717, 1.165) is 20.4 Å². The minimum Gasteiger partial charge on any atom is -0.343 e. The van der Waals surface area contributed by atoms with Crippen LogP contribution in [-0.2, 0) is 14.5 Å². The van der Waals surface area contributed by atoms with Crippen LogP contribution in [0.4, 0.5) is 9.59 Å². The molecule has 0 aromatic rings. The van der Waals surface area contributed by atoms with E-state index < -0.39 is 23.8 Å². The average molecular weight is 435 g/mol. The van der Waals surface area contributed by atoms with Gasteiger partial charge < -0.3 is 10.2 Å². The molecule has 156 valence electrons. The SMILES string of the molecule is CSC(=NOC(=O)N(C)SN(C)C(=O)ON=[N+]1C=CNC1(C)C)C(=O)N(C)C. The van der Waals surface area contributed by atoms with Crippen molar-refractivity contribution in [3.63, 3.8) is 0 Å². The molecule has 1 N–H and O–H groups in total. The predicted octanol–water partition coefficient (Wildman–Crippen LogP) is 1.64. The van der Waals surface area contributed by atoms with Crippen molar-refractivity contribution in [2.75, 3.05) is 34.4 Å². The van der Waals surface area contributed by atoms with Crippen LogP contribution in [0.25, 0.3) is 0 Å². The van der Waals surface area contributed by atoms with Crippen LogP contribution in [0.3, 0.4) is 0 Å². The second kappa shape index (κ2) is 10.2. The Kier molecular flexibility index (Phi) is 8.56. The molecule has 0 saturated carbocycles. The van der Waals surface area contributed by atoms with Crippen molar-refractivity contribution in [2.24, 2.45) is 10.4 Å². The third-order valence-electron chi connectivity index (χ3n) is 3.18. The van der Waals surface area contributed by atoms with Gasteiger partial charge in [0.15, 0.2) is 0 Å². The summed E-state index contributed by atoms with van der Waals surface area (Å²) in [5.41, 5.74) is -0.524. The summed E-state index contributed by atoms with van der Waals surface area (Å²) in [6.07, 6.45) is 3.22. The highest BCUT2D eigenvalue weighted by Gasteiger charge is 2.35. The number of thioether (sulfide) groups is 1. The largest absolute Gasteiger partial charge is 0.451 e. The fraction of sp³-hybridized carbons (Fsp3) is 0.571. The molecule has 0 atom stereocenters. The van der Waals surface area contributed by atoms with Crippen molar-refractivity contribution in [2.45, 2.75) is 19.5 Å². The highest BCUT2D eigenvalue weighted by molar-refractivity contribution is 8.15. The fourth-order valence-corrected chi connectivity index (χ4v) is 2.61. The molecule has 0 spiro atoms. The Labute approximate surface area is 171 Å². The van der Waals surface area contributed by atoms with E-state index in [1.54, 1.807) is 32.8 Å². The fourth-order valence-electron chi connectivity index (χ4n) is 1.57. The molecule has 1 aliphatic heterocycles. The summed E-state index contributed by atoms with van der Waals surface area (Å²) in [5.74, 6) is -0.397. The van der Waals surface area contributed by atoms with Crippen LogP contribution in [-0.4, -0.2) is 81.5 Å². The van der Waals surface area contributed by atoms with Gasteiger partial charge in [0, 0.05) is 42.0 Å². The molecule has 0 radical (unpaired) electrons. The number of rotatable bonds is 4. The molecule has 1 rings (SSSR count). The normalized spacial score (nSPS) is 16.4. The molecule has 1 heterocycles. The monoisotopic (exact) mass is 434 g/mol. The lowest BCUT2D eigenvalue weighted by molar-refractivity contribution is -0.617. The van der Waals surface area contributed by atoms with Crippen LogP contribution in [0.1, 0.15) is 13.8 Å². The number of carbonyl (C=O) groups is 3. The number of nitrogens with zero attached hydrogens (tertiary/aromatic N) is 6. The predicted molar refractivity (Wildman–Crippen MR) is 105 cm³/mol. The van der Waals surface area contributed by atoms with E-state index in [1.807, 2.05) is 13.8 Å². The van der Waals surface area contributed by atoms with Crippen LogP contribution in [0.5, 0.6) is 0 Å². The Balaban J connectivity index is 2.58. The first kappa shape index (κ1) is 23.6. The van der Waals surface area contributed by atoms with Gasteiger partial charge in [0.1, 0.15) is 0 Å². The standard InChI is InChI=1S/C14H24N7O5S2/c1-14(2)15-8-9-21(14)17-26-13(24)20(6)28-19(5)12(23)25-16-10(27-7)11(22)18(3)4/h8-9,15H,1-7H3/q+1. The zero-order valence-corrected chi connectivity index (χ0v) is 18.3. The topological polar surface area (TPSA) is 119 Å². The summed E-state index contributed by atoms with van der Waals surface area (Å²) < 4.78 is 3.47. The summed E-state index contributed by atoms with van der Waals surface area (Å²) in [4.78, 5) is 46.7. The zero-order valence-electron chi connectivity index (χ0n) is 16.7. The molecule has 0 aromatic heterocycles. The third kappa shape index (κ3) is 6.60. The third-order valence-corrected chi connectivity index (χ3v) is 4.60. The van der Waals surface area contributed by atoms with E-state index in [2.05, 4.69) is 15.8 Å². The molecule has 28 heavy (non-hydrogen) atoms. The van der Waals surface area contributed by atoms with Gasteiger partial charge in [-0.1, -0.05) is 5.16 Å². The summed E-state index contributed by atoms with van der Waals surface area (Å²) in [6, 6.07) is 0. The molecule has 0 aliphatic carbocycles. The van der Waals surface area contributed by atoms with Gasteiger partial charge in [0.25, 0.3) is 11.6 Å². The molecule has 0 saturated heterocycles. The first-order valence-corrected chi connectivity index (χ1v) is 9.81. The van der Waals surface area contributed by atoms with Gasteiger partial charge in [-0.3, -0.25) is 9.63 Å². The van der Waals surface area contributed by atoms with Crippen LogP contribution in [0, 0.1) is 0 Å². The molecular formula is C14H24N7O5S2+. The average Bonchev–Trinajstić information content (AvgIpc) is 2.97. The van der Waals surface area contributed by atoms with E-state index in [9.17, 15) is 14.4 Å². The summed E-state index contributed by atoms with van der Waals surface area (Å²) >= 11 is 1.75. The molecule has 0 bridgehead atoms. The van der Waals surface area contributed by atoms with E-state index >= 15 is 0 Å². The Morgan fingerprint density at radius 1 is 1.07 bits per heavy atom. The van der Waals surface area contributed by atoms with Crippen LogP contribution in [0.2, 0.25) is 0 Å². The molecular weight excluding hydrogens is 410 g/mol. The number of oxime groups is 1. The maximum absolute atomic E-state index is 12.0. The quantitative estimate of drug-likeness (QED) is 0.177. The zero-order chi connectivity index (χ0) is 21.5. The minimum atomic E-state index is -0.882. The summed E-state index contributed by atoms with van der Waals surface area (Å²) in [7, 11) is 5.87. The molecule has 1 aliphatic rings. The maximum atomic E-state index is 12.0. The number of nitrogens with one attached hydrogen (secondary N) is 1. The van der Waals surface area contributed by atoms with Gasteiger partial charge in [-0.25, -0.2) is 23.0 Å². The Morgan fingerprint density at radius 3 is 2.11 bits per heavy atom. The van der Waals surface area contributed by atoms with Crippen LogP contribution < -0.4 is 5.32 Å². The van der Waals surface area contributed by atoms with Crippen molar-refractivity contribution < 1.29 is 28.8 Å². The van der Waals surface area contributed by atoms with E-state index in [1.165, 1.54) is 23.7 Å². The van der Waals surface area contributed by atoms with E-state index in [4.69, 9.17) is 9.68 Å². The number of hydrogen-bond acceptors (Lipinski definition) is 10. The van der Waals surface area contributed by atoms with E-state index in [0.29, 0.717) is 12.1 Å². The number of amides is 3. The van der Waals surface area contributed by atoms with Gasteiger partial charge in [-0.2, -0.15) is 0 Å². The van der Waals surface area contributed by atoms with Crippen LogP contribution in [0.15, 0.2) is 22.8 Å². The Morgan fingerprint density at radius 2 is 1.64 bits per heavy atom. The first-order chi connectivity index (χ1) is 13.0. The van der Waals surface area contributed by atoms with Gasteiger partial charge in [0.05, 0.1) is 18.3 Å².